The van der Waals surface area contributed by atoms with E-state index in [0.29, 0.717) is 6.54 Å². The van der Waals surface area contributed by atoms with E-state index in [1.807, 2.05) is 0 Å². The van der Waals surface area contributed by atoms with Gasteiger partial charge in [0.15, 0.2) is 0 Å². The van der Waals surface area contributed by atoms with E-state index in [-0.39, 0.29) is 38.1 Å². The van der Waals surface area contributed by atoms with Gasteiger partial charge in [-0.25, -0.2) is 4.79 Å². The number of hydrogen-bond acceptors (Lipinski definition) is 7. The maximum Gasteiger partial charge on any atom is 0.410 e. The Labute approximate surface area is 162 Å². The predicted molar refractivity (Wildman–Crippen MR) is 97.9 cm³/mol. The van der Waals surface area contributed by atoms with Crippen molar-refractivity contribution in [2.24, 2.45) is 11.3 Å². The van der Waals surface area contributed by atoms with Gasteiger partial charge in [-0.1, -0.05) is 0 Å². The molecule has 0 aromatic carbocycles. The van der Waals surface area contributed by atoms with Gasteiger partial charge in [-0.3, -0.25) is 14.6 Å². The van der Waals surface area contributed by atoms with Gasteiger partial charge in [0, 0.05) is 30.7 Å². The number of rotatable bonds is 4. The van der Waals surface area contributed by atoms with Gasteiger partial charge in [0.1, 0.15) is 5.60 Å². The van der Waals surface area contributed by atoms with Crippen LogP contribution in [0, 0.1) is 11.3 Å². The Morgan fingerprint density at radius 3 is 2.63 bits per heavy atom. The fourth-order valence-corrected chi connectivity index (χ4v) is 4.18. The van der Waals surface area contributed by atoms with Crippen molar-refractivity contribution in [3.63, 3.8) is 0 Å². The highest BCUT2D eigenvalue weighted by molar-refractivity contribution is 7.09. The van der Waals surface area contributed by atoms with Crippen LogP contribution in [0.25, 0.3) is 0 Å². The van der Waals surface area contributed by atoms with Gasteiger partial charge in [-0.05, 0) is 27.7 Å². The molecular weight excluding hydrogens is 370 g/mol. The van der Waals surface area contributed by atoms with Crippen LogP contribution in [0.1, 0.15) is 32.6 Å². The number of carbonyl (C=O) groups excluding carboxylic acids is 3. The zero-order chi connectivity index (χ0) is 19.8. The van der Waals surface area contributed by atoms with E-state index in [1.54, 1.807) is 44.3 Å². The number of likely N-dealkylation sites (tertiary alicyclic amines) is 2. The summed E-state index contributed by atoms with van der Waals surface area (Å²) in [5.41, 5.74) is 0.175. The number of aromatic nitrogens is 1. The molecule has 1 aromatic heterocycles. The van der Waals surface area contributed by atoms with Crippen LogP contribution in [0.5, 0.6) is 0 Å². The van der Waals surface area contributed by atoms with Crippen molar-refractivity contribution in [2.75, 3.05) is 26.2 Å². The first-order chi connectivity index (χ1) is 12.7. The third-order valence-electron chi connectivity index (χ3n) is 4.78. The number of ether oxygens (including phenoxy) is 2. The van der Waals surface area contributed by atoms with Crippen molar-refractivity contribution in [3.05, 3.63) is 16.6 Å². The largest absolute Gasteiger partial charge is 0.466 e. The van der Waals surface area contributed by atoms with Crippen molar-refractivity contribution in [2.45, 2.75) is 39.8 Å². The Bertz CT molecular complexity index is 722. The first kappa shape index (κ1) is 19.6. The van der Waals surface area contributed by atoms with Crippen LogP contribution in [-0.4, -0.2) is 64.6 Å². The van der Waals surface area contributed by atoms with Gasteiger partial charge in [0.2, 0.25) is 5.91 Å². The van der Waals surface area contributed by atoms with Crippen LogP contribution in [0.2, 0.25) is 0 Å². The molecule has 0 radical (unpaired) electrons. The molecule has 1 spiro atoms. The van der Waals surface area contributed by atoms with Gasteiger partial charge in [-0.2, -0.15) is 0 Å². The molecule has 3 rings (SSSR count). The Morgan fingerprint density at radius 2 is 2.07 bits per heavy atom. The Balaban J connectivity index is 1.75. The maximum absolute atomic E-state index is 13.1. The van der Waals surface area contributed by atoms with Crippen LogP contribution < -0.4 is 0 Å². The molecule has 2 saturated heterocycles. The quantitative estimate of drug-likeness (QED) is 0.724. The van der Waals surface area contributed by atoms with Crippen molar-refractivity contribution in [1.29, 1.82) is 0 Å². The molecule has 2 aliphatic rings. The molecule has 9 heteroatoms. The zero-order valence-corrected chi connectivity index (χ0v) is 16.9. The summed E-state index contributed by atoms with van der Waals surface area (Å²) in [7, 11) is 0. The molecule has 1 unspecified atom stereocenters. The molecular formula is C18H25N3O5S. The highest BCUT2D eigenvalue weighted by Gasteiger charge is 2.64. The second-order valence-corrected chi connectivity index (χ2v) is 8.92. The first-order valence-electron chi connectivity index (χ1n) is 8.97. The standard InChI is InChI=1S/C18H25N3O5S/c1-5-25-14(22)13-8-20(7-12-6-19-11-27-12)15(23)18(13)9-21(10-18)16(24)26-17(2,3)4/h6,11,13H,5,7-10H2,1-4H3. The smallest absolute Gasteiger partial charge is 0.410 e. The van der Waals surface area contributed by atoms with Crippen LogP contribution >= 0.6 is 11.3 Å². The van der Waals surface area contributed by atoms with Gasteiger partial charge >= 0.3 is 12.1 Å². The Morgan fingerprint density at radius 1 is 1.37 bits per heavy atom. The summed E-state index contributed by atoms with van der Waals surface area (Å²) < 4.78 is 10.6. The average Bonchev–Trinajstić information content (AvgIpc) is 3.12. The summed E-state index contributed by atoms with van der Waals surface area (Å²) in [6.45, 7) is 8.41. The zero-order valence-electron chi connectivity index (χ0n) is 16.1. The third-order valence-corrected chi connectivity index (χ3v) is 5.55. The first-order valence-corrected chi connectivity index (χ1v) is 9.85. The predicted octanol–water partition coefficient (Wildman–Crippen LogP) is 1.90. The molecule has 1 atom stereocenters. The van der Waals surface area contributed by atoms with E-state index < -0.39 is 23.0 Å². The fraction of sp³-hybridized carbons (Fsp3) is 0.667. The van der Waals surface area contributed by atoms with Gasteiger partial charge in [-0.15, -0.1) is 11.3 Å². The fourth-order valence-electron chi connectivity index (χ4n) is 3.58. The minimum absolute atomic E-state index is 0.117. The lowest BCUT2D eigenvalue weighted by Crippen LogP contribution is -2.65. The minimum atomic E-state index is -0.923. The number of esters is 1. The molecule has 3 heterocycles. The number of hydrogen-bond donors (Lipinski definition) is 0. The Hall–Kier alpha value is -2.16. The number of carbonyl (C=O) groups is 3. The van der Waals surface area contributed by atoms with E-state index in [0.717, 1.165) is 4.88 Å². The normalized spacial score (nSPS) is 21.3. The second-order valence-electron chi connectivity index (χ2n) is 7.95. The van der Waals surface area contributed by atoms with E-state index in [2.05, 4.69) is 4.98 Å². The molecule has 0 N–H and O–H groups in total. The van der Waals surface area contributed by atoms with Gasteiger partial charge < -0.3 is 19.3 Å². The topological polar surface area (TPSA) is 89.0 Å². The van der Waals surface area contributed by atoms with E-state index in [9.17, 15) is 14.4 Å². The molecule has 2 fully saturated rings. The number of thiazole rings is 1. The number of nitrogens with zero attached hydrogens (tertiary/aromatic N) is 3. The molecule has 0 aliphatic carbocycles. The van der Waals surface area contributed by atoms with E-state index in [4.69, 9.17) is 9.47 Å². The monoisotopic (exact) mass is 395 g/mol. The summed E-state index contributed by atoms with van der Waals surface area (Å²) in [6, 6.07) is 0. The summed E-state index contributed by atoms with van der Waals surface area (Å²) in [5, 5.41) is 0. The van der Waals surface area contributed by atoms with Gasteiger partial charge in [0.05, 0.1) is 30.0 Å². The number of amides is 2. The minimum Gasteiger partial charge on any atom is -0.466 e. The van der Waals surface area contributed by atoms with Gasteiger partial charge in [0.25, 0.3) is 0 Å². The van der Waals surface area contributed by atoms with Crippen LogP contribution in [0.4, 0.5) is 4.79 Å². The summed E-state index contributed by atoms with van der Waals surface area (Å²) in [4.78, 5) is 46.1. The summed E-state index contributed by atoms with van der Waals surface area (Å²) >= 11 is 1.46. The van der Waals surface area contributed by atoms with Crippen molar-refractivity contribution < 1.29 is 23.9 Å². The third kappa shape index (κ3) is 3.78. The van der Waals surface area contributed by atoms with Crippen molar-refractivity contribution in [3.8, 4) is 0 Å². The Kier molecular flexibility index (Phi) is 5.16. The molecule has 148 valence electrons. The SMILES string of the molecule is CCOC(=O)C1CN(Cc2cncs2)C(=O)C12CN(C(=O)OC(C)(C)C)C2. The molecule has 1 aromatic rings. The highest BCUT2D eigenvalue weighted by Crippen LogP contribution is 2.46. The lowest BCUT2D eigenvalue weighted by Gasteiger charge is -2.48. The molecule has 2 amide bonds. The highest BCUT2D eigenvalue weighted by atomic mass is 32.1. The average molecular weight is 395 g/mol. The van der Waals surface area contributed by atoms with Crippen LogP contribution in [0.3, 0.4) is 0 Å². The maximum atomic E-state index is 13.1. The van der Waals surface area contributed by atoms with Crippen LogP contribution in [0.15, 0.2) is 11.7 Å². The molecule has 27 heavy (non-hydrogen) atoms. The van der Waals surface area contributed by atoms with E-state index >= 15 is 0 Å². The molecule has 8 nitrogen and oxygen atoms in total. The molecule has 0 saturated carbocycles. The lowest BCUT2D eigenvalue weighted by atomic mass is 9.71. The van der Waals surface area contributed by atoms with Crippen molar-refractivity contribution in [1.82, 2.24) is 14.8 Å². The lowest BCUT2D eigenvalue weighted by molar-refractivity contribution is -0.161. The summed E-state index contributed by atoms with van der Waals surface area (Å²) in [6.07, 6.45) is 1.25. The summed E-state index contributed by atoms with van der Waals surface area (Å²) in [5.74, 6) is -1.09. The van der Waals surface area contributed by atoms with Crippen LogP contribution in [-0.2, 0) is 25.6 Å². The van der Waals surface area contributed by atoms with E-state index in [1.165, 1.54) is 16.2 Å². The molecule has 2 aliphatic heterocycles. The van der Waals surface area contributed by atoms with Crippen molar-refractivity contribution >= 4 is 29.3 Å². The molecule has 0 bridgehead atoms. The second kappa shape index (κ2) is 7.10.